The van der Waals surface area contributed by atoms with E-state index in [0.29, 0.717) is 5.69 Å². The van der Waals surface area contributed by atoms with Crippen LogP contribution in [0.1, 0.15) is 26.3 Å². The van der Waals surface area contributed by atoms with Gasteiger partial charge < -0.3 is 10.3 Å². The van der Waals surface area contributed by atoms with Gasteiger partial charge in [-0.15, -0.1) is 0 Å². The third-order valence-electron chi connectivity index (χ3n) is 4.25. The minimum Gasteiger partial charge on any atom is -0.324 e. The first-order chi connectivity index (χ1) is 12.7. The fourth-order valence-electron chi connectivity index (χ4n) is 2.99. The maximum absolute atomic E-state index is 13.4. The number of nitrogens with zero attached hydrogens (tertiary/aromatic N) is 1. The molecular formula is C20H20FN3O3. The second kappa shape index (κ2) is 6.83. The molecule has 2 N–H and O–H groups in total. The summed E-state index contributed by atoms with van der Waals surface area (Å²) in [6.45, 7) is 5.73. The van der Waals surface area contributed by atoms with Gasteiger partial charge in [0.15, 0.2) is 0 Å². The van der Waals surface area contributed by atoms with Crippen LogP contribution in [0.2, 0.25) is 0 Å². The number of amides is 1. The molecule has 1 aromatic heterocycles. The zero-order chi connectivity index (χ0) is 19.8. The third kappa shape index (κ3) is 3.81. The lowest BCUT2D eigenvalue weighted by Gasteiger charge is -2.23. The van der Waals surface area contributed by atoms with Crippen molar-refractivity contribution in [3.8, 4) is 0 Å². The first-order valence-corrected chi connectivity index (χ1v) is 8.48. The minimum atomic E-state index is -0.906. The molecule has 2 aromatic carbocycles. The van der Waals surface area contributed by atoms with Gasteiger partial charge in [0.25, 0.3) is 0 Å². The zero-order valence-corrected chi connectivity index (χ0v) is 15.3. The van der Waals surface area contributed by atoms with Gasteiger partial charge in [-0.25, -0.2) is 4.39 Å². The Hall–Kier alpha value is -3.22. The molecule has 3 rings (SSSR count). The molecule has 140 valence electrons. The van der Waals surface area contributed by atoms with Gasteiger partial charge in [-0.05, 0) is 35.2 Å². The molecule has 0 aliphatic carbocycles. The number of nitrogens with one attached hydrogen (secondary N) is 2. The van der Waals surface area contributed by atoms with Crippen molar-refractivity contribution in [2.24, 2.45) is 0 Å². The van der Waals surface area contributed by atoms with E-state index >= 15 is 0 Å². The van der Waals surface area contributed by atoms with Crippen LogP contribution >= 0.6 is 0 Å². The summed E-state index contributed by atoms with van der Waals surface area (Å²) >= 11 is 0. The molecule has 0 bridgehead atoms. The highest BCUT2D eigenvalue weighted by molar-refractivity contribution is 5.92. The number of aromatic nitrogens is 2. The van der Waals surface area contributed by atoms with Crippen LogP contribution in [0.4, 0.5) is 10.1 Å². The molecule has 0 aliphatic heterocycles. The highest BCUT2D eigenvalue weighted by atomic mass is 19.1. The second-order valence-corrected chi connectivity index (χ2v) is 7.35. The number of halogens is 1. The number of rotatable bonds is 3. The molecule has 1 amide bonds. The molecule has 27 heavy (non-hydrogen) atoms. The monoisotopic (exact) mass is 369 g/mol. The van der Waals surface area contributed by atoms with Gasteiger partial charge in [0.1, 0.15) is 12.4 Å². The first-order valence-electron chi connectivity index (χ1n) is 8.48. The van der Waals surface area contributed by atoms with Gasteiger partial charge in [0, 0.05) is 5.69 Å². The first kappa shape index (κ1) is 18.6. The smallest absolute Gasteiger partial charge is 0.317 e. The molecular weight excluding hydrogens is 349 g/mol. The Morgan fingerprint density at radius 2 is 1.85 bits per heavy atom. The number of carbonyl (C=O) groups excluding carboxylic acids is 1. The van der Waals surface area contributed by atoms with Crippen LogP contribution in [-0.4, -0.2) is 15.5 Å². The maximum atomic E-state index is 13.4. The van der Waals surface area contributed by atoms with Gasteiger partial charge in [-0.2, -0.15) is 0 Å². The zero-order valence-electron chi connectivity index (χ0n) is 15.3. The fraction of sp³-hybridized carbons (Fsp3) is 0.250. The van der Waals surface area contributed by atoms with Crippen LogP contribution in [0.5, 0.6) is 0 Å². The van der Waals surface area contributed by atoms with E-state index in [2.05, 4.69) is 10.3 Å². The molecule has 0 saturated carbocycles. The van der Waals surface area contributed by atoms with Crippen LogP contribution in [-0.2, 0) is 16.8 Å². The quantitative estimate of drug-likeness (QED) is 0.697. The normalized spacial score (nSPS) is 11.6. The van der Waals surface area contributed by atoms with Crippen LogP contribution in [0.3, 0.4) is 0 Å². The van der Waals surface area contributed by atoms with Gasteiger partial charge in [-0.1, -0.05) is 39.0 Å². The molecule has 6 nitrogen and oxygen atoms in total. The predicted octanol–water partition coefficient (Wildman–Crippen LogP) is 2.77. The van der Waals surface area contributed by atoms with Crippen molar-refractivity contribution in [1.29, 1.82) is 0 Å². The molecule has 3 aromatic rings. The standard InChI is InChI=1S/C20H20FN3O3/c1-20(2,3)13-6-4-5-7-14(13)22-17(25)11-24-16-9-8-12(21)10-15(16)23-18(26)19(24)27/h4-10H,11H2,1-3H3,(H,22,25)(H,23,26). The Morgan fingerprint density at radius 3 is 2.56 bits per heavy atom. The minimum absolute atomic E-state index is 0.155. The molecule has 7 heteroatoms. The molecule has 0 fully saturated rings. The van der Waals surface area contributed by atoms with E-state index < -0.39 is 22.8 Å². The summed E-state index contributed by atoms with van der Waals surface area (Å²) < 4.78 is 14.5. The maximum Gasteiger partial charge on any atom is 0.317 e. The number of anilines is 1. The van der Waals surface area contributed by atoms with E-state index in [0.717, 1.165) is 16.2 Å². The number of fused-ring (bicyclic) bond motifs is 1. The lowest BCUT2D eigenvalue weighted by molar-refractivity contribution is -0.116. The highest BCUT2D eigenvalue weighted by Crippen LogP contribution is 2.29. The van der Waals surface area contributed by atoms with Crippen LogP contribution in [0.15, 0.2) is 52.1 Å². The summed E-state index contributed by atoms with van der Waals surface area (Å²) in [7, 11) is 0. The van der Waals surface area contributed by atoms with Crippen molar-refractivity contribution in [2.45, 2.75) is 32.7 Å². The number of hydrogen-bond donors (Lipinski definition) is 2. The third-order valence-corrected chi connectivity index (χ3v) is 4.25. The number of benzene rings is 2. The lowest BCUT2D eigenvalue weighted by Crippen LogP contribution is -2.39. The highest BCUT2D eigenvalue weighted by Gasteiger charge is 2.19. The number of aromatic amines is 1. The van der Waals surface area contributed by atoms with Crippen LogP contribution < -0.4 is 16.4 Å². The molecule has 0 saturated heterocycles. The predicted molar refractivity (Wildman–Crippen MR) is 103 cm³/mol. The van der Waals surface area contributed by atoms with Crippen molar-refractivity contribution in [2.75, 3.05) is 5.32 Å². The van der Waals surface area contributed by atoms with E-state index in [9.17, 15) is 18.8 Å². The largest absolute Gasteiger partial charge is 0.324 e. The van der Waals surface area contributed by atoms with E-state index in [1.165, 1.54) is 12.1 Å². The van der Waals surface area contributed by atoms with Gasteiger partial charge >= 0.3 is 11.1 Å². The summed E-state index contributed by atoms with van der Waals surface area (Å²) in [5.74, 6) is -1.00. The van der Waals surface area contributed by atoms with Crippen LogP contribution in [0, 0.1) is 5.82 Å². The topological polar surface area (TPSA) is 84.0 Å². The molecule has 1 heterocycles. The SMILES string of the molecule is CC(C)(C)c1ccccc1NC(=O)Cn1c(=O)c(=O)[nH]c2cc(F)ccc21. The van der Waals surface area contributed by atoms with Crippen molar-refractivity contribution in [3.05, 3.63) is 74.6 Å². The van der Waals surface area contributed by atoms with E-state index in [1.807, 2.05) is 39.0 Å². The van der Waals surface area contributed by atoms with E-state index in [1.54, 1.807) is 6.07 Å². The average molecular weight is 369 g/mol. The number of carbonyl (C=O) groups is 1. The van der Waals surface area contributed by atoms with Crippen LogP contribution in [0.25, 0.3) is 11.0 Å². The Morgan fingerprint density at radius 1 is 1.15 bits per heavy atom. The summed E-state index contributed by atoms with van der Waals surface area (Å²) in [4.78, 5) is 39.0. The lowest BCUT2D eigenvalue weighted by atomic mass is 9.86. The Kier molecular flexibility index (Phi) is 4.70. The van der Waals surface area contributed by atoms with Gasteiger partial charge in [0.05, 0.1) is 11.0 Å². The number of H-pyrrole nitrogens is 1. The average Bonchev–Trinajstić information content (AvgIpc) is 2.58. The molecule has 0 aliphatic rings. The van der Waals surface area contributed by atoms with Crippen molar-refractivity contribution in [3.63, 3.8) is 0 Å². The van der Waals surface area contributed by atoms with Crippen molar-refractivity contribution < 1.29 is 9.18 Å². The number of hydrogen-bond acceptors (Lipinski definition) is 3. The fourth-order valence-corrected chi connectivity index (χ4v) is 2.99. The van der Waals surface area contributed by atoms with Crippen molar-refractivity contribution in [1.82, 2.24) is 9.55 Å². The molecule has 0 spiro atoms. The summed E-state index contributed by atoms with van der Waals surface area (Å²) in [6.07, 6.45) is 0. The molecule has 0 unspecified atom stereocenters. The number of para-hydroxylation sites is 1. The Labute approximate surface area is 154 Å². The van der Waals surface area contributed by atoms with Crippen molar-refractivity contribution >= 4 is 22.6 Å². The summed E-state index contributed by atoms with van der Waals surface area (Å²) in [6, 6.07) is 11.0. The summed E-state index contributed by atoms with van der Waals surface area (Å²) in [5.41, 5.74) is 0.0633. The van der Waals surface area contributed by atoms with E-state index in [4.69, 9.17) is 0 Å². The summed E-state index contributed by atoms with van der Waals surface area (Å²) in [5, 5.41) is 2.80. The Balaban J connectivity index is 1.98. The second-order valence-electron chi connectivity index (χ2n) is 7.35. The Bertz CT molecular complexity index is 1140. The van der Waals surface area contributed by atoms with Gasteiger partial charge in [0.2, 0.25) is 5.91 Å². The van der Waals surface area contributed by atoms with Gasteiger partial charge in [-0.3, -0.25) is 19.0 Å². The van der Waals surface area contributed by atoms with E-state index in [-0.39, 0.29) is 23.0 Å². The molecule has 0 atom stereocenters. The molecule has 0 radical (unpaired) electrons.